The molecule has 3 aromatic rings. The maximum absolute atomic E-state index is 13.3. The molecule has 0 aromatic heterocycles. The summed E-state index contributed by atoms with van der Waals surface area (Å²) in [6.45, 7) is 0.0796. The van der Waals surface area contributed by atoms with E-state index in [2.05, 4.69) is 15.9 Å². The fourth-order valence-corrected chi connectivity index (χ4v) is 4.27. The van der Waals surface area contributed by atoms with Crippen molar-refractivity contribution in [2.75, 3.05) is 11.4 Å². The van der Waals surface area contributed by atoms with E-state index in [0.29, 0.717) is 17.0 Å². The zero-order valence-electron chi connectivity index (χ0n) is 14.5. The van der Waals surface area contributed by atoms with Crippen molar-refractivity contribution in [3.05, 3.63) is 88.6 Å². The fraction of sp³-hybridized carbons (Fsp3) is 0.100. The number of hydrogen-bond acceptors (Lipinski definition) is 3. The van der Waals surface area contributed by atoms with Crippen LogP contribution < -0.4 is 9.04 Å². The maximum Gasteiger partial charge on any atom is 0.264 e. The minimum Gasteiger partial charge on any atom is -0.497 e. The van der Waals surface area contributed by atoms with Gasteiger partial charge in [0, 0.05) is 4.47 Å². The lowest BCUT2D eigenvalue weighted by Crippen LogP contribution is -2.30. The Bertz CT molecular complexity index is 1000. The highest BCUT2D eigenvalue weighted by Gasteiger charge is 2.25. The summed E-state index contributed by atoms with van der Waals surface area (Å²) in [5, 5.41) is 0. The second-order valence-corrected chi connectivity index (χ2v) is 8.57. The van der Waals surface area contributed by atoms with Crippen molar-refractivity contribution < 1.29 is 17.5 Å². The van der Waals surface area contributed by atoms with Gasteiger partial charge in [-0.05, 0) is 66.2 Å². The Balaban J connectivity index is 2.03. The molecule has 0 saturated carbocycles. The summed E-state index contributed by atoms with van der Waals surface area (Å²) in [6, 6.07) is 19.0. The summed E-state index contributed by atoms with van der Waals surface area (Å²) in [4.78, 5) is 0.147. The highest BCUT2D eigenvalue weighted by atomic mass is 79.9. The third-order valence-electron chi connectivity index (χ3n) is 4.00. The maximum atomic E-state index is 13.3. The summed E-state index contributed by atoms with van der Waals surface area (Å²) in [5.41, 5.74) is 1.19. The third-order valence-corrected chi connectivity index (χ3v) is 6.32. The lowest BCUT2D eigenvalue weighted by molar-refractivity contribution is 0.414. The smallest absolute Gasteiger partial charge is 0.264 e. The van der Waals surface area contributed by atoms with Crippen LogP contribution in [0.15, 0.2) is 82.2 Å². The highest BCUT2D eigenvalue weighted by molar-refractivity contribution is 9.10. The number of methoxy groups -OCH3 is 1. The van der Waals surface area contributed by atoms with Gasteiger partial charge in [0.05, 0.1) is 24.2 Å². The SMILES string of the molecule is COc1ccc(S(=O)(=O)N(Cc2ccc(F)cc2)c2ccc(Br)cc2)cc1. The molecule has 4 nitrogen and oxygen atoms in total. The number of hydrogen-bond donors (Lipinski definition) is 0. The Morgan fingerprint density at radius 1 is 0.926 bits per heavy atom. The van der Waals surface area contributed by atoms with E-state index in [9.17, 15) is 12.8 Å². The van der Waals surface area contributed by atoms with E-state index in [1.807, 2.05) is 0 Å². The molecule has 0 bridgehead atoms. The van der Waals surface area contributed by atoms with E-state index in [1.165, 1.54) is 35.7 Å². The number of rotatable bonds is 6. The number of ether oxygens (including phenoxy) is 1. The van der Waals surface area contributed by atoms with Gasteiger partial charge < -0.3 is 4.74 Å². The van der Waals surface area contributed by atoms with Gasteiger partial charge in [0.25, 0.3) is 10.0 Å². The predicted molar refractivity (Wildman–Crippen MR) is 107 cm³/mol. The molecule has 7 heteroatoms. The van der Waals surface area contributed by atoms with Crippen LogP contribution in [0.3, 0.4) is 0 Å². The molecule has 0 aliphatic rings. The molecule has 0 saturated heterocycles. The first-order chi connectivity index (χ1) is 12.9. The molecule has 0 spiro atoms. The van der Waals surface area contributed by atoms with Crippen LogP contribution >= 0.6 is 15.9 Å². The monoisotopic (exact) mass is 449 g/mol. The number of halogens is 2. The topological polar surface area (TPSA) is 46.6 Å². The molecule has 0 unspecified atom stereocenters. The van der Waals surface area contributed by atoms with Crippen molar-refractivity contribution >= 4 is 31.6 Å². The van der Waals surface area contributed by atoms with Crippen molar-refractivity contribution in [2.45, 2.75) is 11.4 Å². The van der Waals surface area contributed by atoms with E-state index >= 15 is 0 Å². The van der Waals surface area contributed by atoms with Gasteiger partial charge >= 0.3 is 0 Å². The molecular weight excluding hydrogens is 433 g/mol. The summed E-state index contributed by atoms with van der Waals surface area (Å²) in [6.07, 6.45) is 0. The van der Waals surface area contributed by atoms with Crippen molar-refractivity contribution in [1.29, 1.82) is 0 Å². The molecule has 140 valence electrons. The normalized spacial score (nSPS) is 11.2. The lowest BCUT2D eigenvalue weighted by Gasteiger charge is -2.25. The zero-order chi connectivity index (χ0) is 19.4. The van der Waals surface area contributed by atoms with E-state index in [4.69, 9.17) is 4.74 Å². The van der Waals surface area contributed by atoms with Crippen LogP contribution in [0.2, 0.25) is 0 Å². The average molecular weight is 450 g/mol. The minimum atomic E-state index is -3.83. The summed E-state index contributed by atoms with van der Waals surface area (Å²) < 4.78 is 47.0. The zero-order valence-corrected chi connectivity index (χ0v) is 16.9. The number of nitrogens with zero attached hydrogens (tertiary/aromatic N) is 1. The van der Waals surface area contributed by atoms with E-state index in [0.717, 1.165) is 4.47 Å². The van der Waals surface area contributed by atoms with Gasteiger partial charge in [-0.25, -0.2) is 12.8 Å². The van der Waals surface area contributed by atoms with Crippen molar-refractivity contribution in [2.24, 2.45) is 0 Å². The molecule has 3 rings (SSSR count). The molecule has 0 amide bonds. The average Bonchev–Trinajstić information content (AvgIpc) is 2.68. The Labute approximate surface area is 166 Å². The third kappa shape index (κ3) is 4.48. The van der Waals surface area contributed by atoms with Crippen LogP contribution in [0.25, 0.3) is 0 Å². The molecule has 0 fully saturated rings. The first-order valence-corrected chi connectivity index (χ1v) is 10.3. The van der Waals surface area contributed by atoms with Gasteiger partial charge in [0.2, 0.25) is 0 Å². The molecule has 27 heavy (non-hydrogen) atoms. The molecular formula is C20H17BrFNO3S. The van der Waals surface area contributed by atoms with Crippen LogP contribution in [0.1, 0.15) is 5.56 Å². The van der Waals surface area contributed by atoms with Gasteiger partial charge in [-0.1, -0.05) is 28.1 Å². The Morgan fingerprint density at radius 3 is 2.07 bits per heavy atom. The van der Waals surface area contributed by atoms with E-state index in [1.54, 1.807) is 48.5 Å². The van der Waals surface area contributed by atoms with Crippen LogP contribution in [-0.4, -0.2) is 15.5 Å². The standard InChI is InChI=1S/C20H17BrFNO3S/c1-26-19-10-12-20(13-11-19)27(24,25)23(18-8-4-16(21)5-9-18)14-15-2-6-17(22)7-3-15/h2-13H,14H2,1H3. The minimum absolute atomic E-state index is 0.0796. The van der Waals surface area contributed by atoms with Gasteiger partial charge in [-0.3, -0.25) is 4.31 Å². The quantitative estimate of drug-likeness (QED) is 0.532. The van der Waals surface area contributed by atoms with Crippen LogP contribution in [-0.2, 0) is 16.6 Å². The first kappa shape index (κ1) is 19.4. The lowest BCUT2D eigenvalue weighted by atomic mass is 10.2. The van der Waals surface area contributed by atoms with Crippen molar-refractivity contribution in [1.82, 2.24) is 0 Å². The summed E-state index contributed by atoms with van der Waals surface area (Å²) >= 11 is 3.36. The van der Waals surface area contributed by atoms with Gasteiger partial charge in [-0.2, -0.15) is 0 Å². The molecule has 0 aliphatic carbocycles. The molecule has 3 aromatic carbocycles. The van der Waals surface area contributed by atoms with Gasteiger partial charge in [0.1, 0.15) is 11.6 Å². The highest BCUT2D eigenvalue weighted by Crippen LogP contribution is 2.28. The summed E-state index contributed by atoms with van der Waals surface area (Å²) in [7, 11) is -2.31. The Kier molecular flexibility index (Phi) is 5.82. The van der Waals surface area contributed by atoms with Crippen molar-refractivity contribution in [3.63, 3.8) is 0 Å². The number of benzene rings is 3. The molecule has 0 heterocycles. The predicted octanol–water partition coefficient (Wildman–Crippen LogP) is 4.99. The second-order valence-electron chi connectivity index (χ2n) is 5.79. The Morgan fingerprint density at radius 2 is 1.52 bits per heavy atom. The van der Waals surface area contributed by atoms with Gasteiger partial charge in [-0.15, -0.1) is 0 Å². The number of anilines is 1. The van der Waals surface area contributed by atoms with Gasteiger partial charge in [0.15, 0.2) is 0 Å². The largest absolute Gasteiger partial charge is 0.497 e. The fourth-order valence-electron chi connectivity index (χ4n) is 2.55. The molecule has 0 radical (unpaired) electrons. The van der Waals surface area contributed by atoms with E-state index in [-0.39, 0.29) is 17.3 Å². The van der Waals surface area contributed by atoms with E-state index < -0.39 is 10.0 Å². The molecule has 0 atom stereocenters. The summed E-state index contributed by atoms with van der Waals surface area (Å²) in [5.74, 6) is 0.203. The Hall–Kier alpha value is -2.38. The molecule has 0 aliphatic heterocycles. The van der Waals surface area contributed by atoms with Crippen LogP contribution in [0.4, 0.5) is 10.1 Å². The van der Waals surface area contributed by atoms with Crippen molar-refractivity contribution in [3.8, 4) is 5.75 Å². The number of sulfonamides is 1. The molecule has 0 N–H and O–H groups in total. The van der Waals surface area contributed by atoms with Crippen LogP contribution in [0, 0.1) is 5.82 Å². The second kappa shape index (κ2) is 8.10. The first-order valence-electron chi connectivity index (χ1n) is 8.07. The van der Waals surface area contributed by atoms with Crippen LogP contribution in [0.5, 0.6) is 5.75 Å².